The van der Waals surface area contributed by atoms with Crippen LogP contribution in [0.25, 0.3) is 0 Å². The summed E-state index contributed by atoms with van der Waals surface area (Å²) in [7, 11) is 3.40. The Bertz CT molecular complexity index is 3610. The van der Waals surface area contributed by atoms with Gasteiger partial charge in [0, 0.05) is 69.9 Å². The van der Waals surface area contributed by atoms with Crippen molar-refractivity contribution in [3.63, 3.8) is 0 Å². The van der Waals surface area contributed by atoms with Crippen LogP contribution >= 0.6 is 0 Å². The Balaban J connectivity index is 0.764. The highest BCUT2D eigenvalue weighted by Crippen LogP contribution is 2.39. The fourth-order valence-electron chi connectivity index (χ4n) is 14.6. The first kappa shape index (κ1) is 74.6. The molecule has 4 fully saturated rings. The summed E-state index contributed by atoms with van der Waals surface area (Å²) in [5, 5.41) is 31.0. The topological polar surface area (TPSA) is 280 Å². The molecule has 10 N–H and O–H groups in total. The average Bonchev–Trinajstić information content (AvgIpc) is 1.19. The van der Waals surface area contributed by atoms with Gasteiger partial charge in [-0.1, -0.05) is 177 Å². The molecule has 21 nitrogen and oxygen atoms in total. The zero-order valence-electron chi connectivity index (χ0n) is 58.0. The number of nitrogens with zero attached hydrogens (tertiary/aromatic N) is 2. The Morgan fingerprint density at radius 1 is 0.510 bits per heavy atom. The lowest BCUT2D eigenvalue weighted by Gasteiger charge is -2.38. The van der Waals surface area contributed by atoms with Crippen molar-refractivity contribution in [2.75, 3.05) is 40.3 Å². The first-order valence-electron chi connectivity index (χ1n) is 35.6. The summed E-state index contributed by atoms with van der Waals surface area (Å²) >= 11 is 0. The number of hydrogen-bond donors (Lipinski definition) is 10. The van der Waals surface area contributed by atoms with Gasteiger partial charge in [-0.15, -0.1) is 0 Å². The standard InChI is InChI=1S/C79H98N12O9/c1-5-63(80-3)72(94)87-70-57(48-49-82-52-54-28-16-11-17-29-54)40-42-61-45-47-66(91(61)76(70)98)75(97)89-79(59-34-22-14-23-35-59,60-36-24-15-25-37-60)78(100)84-51-50-83-67(92)38-26-9-7-8-10-27-39-68(93)85-53-58-41-43-62-44-46-65(90(62)77(99)71(58)88-73(95)64(6-2)81-4)74(96)86-69(55-30-18-12-19-31-55)56-32-20-13-21-33-56/h11-25,28-37,57-58,61-66,69-71,80-82H,5-6,26-27,38-53H2,1-4H3,(H,83,92)(H,84,100)(H,85,93)(H,86,96)(H,87,94)(H,88,95)(H,89,97)/t57-,58-,61+,62+,63+,64+,65+,66+,70+,71+/m1/s1. The van der Waals surface area contributed by atoms with Gasteiger partial charge in [0.2, 0.25) is 47.3 Å². The minimum atomic E-state index is -1.77. The predicted molar refractivity (Wildman–Crippen MR) is 383 cm³/mol. The van der Waals surface area contributed by atoms with Gasteiger partial charge in [0.05, 0.1) is 18.1 Å². The van der Waals surface area contributed by atoms with E-state index in [0.717, 1.165) is 16.7 Å². The Kier molecular flexibility index (Phi) is 28.0. The van der Waals surface area contributed by atoms with Crippen molar-refractivity contribution in [2.24, 2.45) is 11.8 Å². The molecule has 0 saturated carbocycles. The minimum Gasteiger partial charge on any atom is -0.356 e. The second-order valence-corrected chi connectivity index (χ2v) is 26.3. The maximum Gasteiger partial charge on any atom is 0.255 e. The van der Waals surface area contributed by atoms with Gasteiger partial charge in [-0.25, -0.2) is 0 Å². The number of fused-ring (bicyclic) bond motifs is 2. The molecule has 100 heavy (non-hydrogen) atoms. The Hall–Kier alpha value is -9.67. The molecule has 4 aliphatic heterocycles. The van der Waals surface area contributed by atoms with E-state index in [1.54, 1.807) is 72.4 Å². The molecule has 9 rings (SSSR count). The largest absolute Gasteiger partial charge is 0.356 e. The van der Waals surface area contributed by atoms with Gasteiger partial charge in [0.1, 0.15) is 24.2 Å². The van der Waals surface area contributed by atoms with E-state index in [1.165, 1.54) is 0 Å². The SMILES string of the molecule is CC[C@H](NC)C(=O)N[C@@H]1C(=O)N2[C@@H](CC[C@@H]1CNC(=O)CCC#CC#CCCC(=O)NCCNC(=O)C(NC(=O)[C@@H]1CC[C@@H]3CC[C@H](CCNCc4ccccc4)[C@H](NC(=O)[C@H](CC)NC)C(=O)N31)(c1ccccc1)c1ccccc1)CC[C@H]2C(=O)NC(c1ccccc1)c1ccccc1. The van der Waals surface area contributed by atoms with Crippen molar-refractivity contribution >= 4 is 53.2 Å². The van der Waals surface area contributed by atoms with Gasteiger partial charge >= 0.3 is 0 Å². The molecule has 4 saturated heterocycles. The molecule has 5 aromatic rings. The van der Waals surface area contributed by atoms with E-state index in [1.807, 2.05) is 105 Å². The highest BCUT2D eigenvalue weighted by atomic mass is 16.2. The van der Waals surface area contributed by atoms with Crippen LogP contribution in [0.1, 0.15) is 144 Å². The fraction of sp³-hybridized carbons (Fsp3) is 0.456. The molecule has 5 aromatic carbocycles. The molecule has 21 heteroatoms. The monoisotopic (exact) mass is 1360 g/mol. The van der Waals surface area contributed by atoms with E-state index in [0.29, 0.717) is 94.8 Å². The zero-order valence-corrected chi connectivity index (χ0v) is 58.0. The van der Waals surface area contributed by atoms with Crippen molar-refractivity contribution in [2.45, 2.75) is 177 Å². The lowest BCUT2D eigenvalue weighted by atomic mass is 9.81. The van der Waals surface area contributed by atoms with E-state index in [9.17, 15) is 28.8 Å². The molecular formula is C79H98N12O9. The molecule has 4 heterocycles. The lowest BCUT2D eigenvalue weighted by Crippen LogP contribution is -2.62. The van der Waals surface area contributed by atoms with Gasteiger partial charge < -0.3 is 63.0 Å². The molecular weight excluding hydrogens is 1260 g/mol. The summed E-state index contributed by atoms with van der Waals surface area (Å²) in [5.41, 5.74) is 2.15. The Morgan fingerprint density at radius 3 is 1.45 bits per heavy atom. The summed E-state index contributed by atoms with van der Waals surface area (Å²) in [6.07, 6.45) is 6.59. The van der Waals surface area contributed by atoms with Gasteiger partial charge in [-0.2, -0.15) is 0 Å². The van der Waals surface area contributed by atoms with E-state index >= 15 is 14.4 Å². The van der Waals surface area contributed by atoms with Crippen LogP contribution in [0.15, 0.2) is 152 Å². The van der Waals surface area contributed by atoms with Crippen molar-refractivity contribution in [3.8, 4) is 23.7 Å². The Labute approximate surface area is 588 Å². The fourth-order valence-corrected chi connectivity index (χ4v) is 14.6. The van der Waals surface area contributed by atoms with Crippen molar-refractivity contribution in [1.29, 1.82) is 0 Å². The summed E-state index contributed by atoms with van der Waals surface area (Å²) < 4.78 is 0. The first-order chi connectivity index (χ1) is 48.7. The van der Waals surface area contributed by atoms with Gasteiger partial charge in [-0.05, 0) is 137 Å². The van der Waals surface area contributed by atoms with Gasteiger partial charge in [0.25, 0.3) is 5.91 Å². The number of rotatable bonds is 31. The van der Waals surface area contributed by atoms with Crippen LogP contribution in [0.3, 0.4) is 0 Å². The number of nitrogens with one attached hydrogen (secondary N) is 10. The maximum absolute atomic E-state index is 15.2. The van der Waals surface area contributed by atoms with Crippen LogP contribution in [-0.2, 0) is 55.2 Å². The second-order valence-electron chi connectivity index (χ2n) is 26.3. The minimum absolute atomic E-state index is 0.00867. The van der Waals surface area contributed by atoms with Crippen LogP contribution in [0, 0.1) is 35.5 Å². The third kappa shape index (κ3) is 19.2. The van der Waals surface area contributed by atoms with Crippen LogP contribution in [0.5, 0.6) is 0 Å². The highest BCUT2D eigenvalue weighted by molar-refractivity contribution is 6.00. The second kappa shape index (κ2) is 37.5. The number of carbonyl (C=O) groups is 9. The molecule has 9 amide bonds. The van der Waals surface area contributed by atoms with Crippen LogP contribution in [-0.4, -0.2) is 152 Å². The molecule has 4 aliphatic rings. The van der Waals surface area contributed by atoms with E-state index in [2.05, 4.69) is 89.0 Å². The lowest BCUT2D eigenvalue weighted by molar-refractivity contribution is -0.145. The first-order valence-corrected chi connectivity index (χ1v) is 35.6. The number of amides is 9. The normalized spacial score (nSPS) is 20.8. The van der Waals surface area contributed by atoms with Crippen molar-refractivity contribution in [1.82, 2.24) is 63.0 Å². The van der Waals surface area contributed by atoms with Crippen LogP contribution in [0.2, 0.25) is 0 Å². The van der Waals surface area contributed by atoms with Gasteiger partial charge in [0.15, 0.2) is 5.54 Å². The molecule has 0 radical (unpaired) electrons. The quantitative estimate of drug-likeness (QED) is 0.0193. The molecule has 10 atom stereocenters. The summed E-state index contributed by atoms with van der Waals surface area (Å²) in [6, 6.07) is 41.8. The average molecular weight is 1360 g/mol. The summed E-state index contributed by atoms with van der Waals surface area (Å²) in [6.45, 7) is 5.25. The van der Waals surface area contributed by atoms with E-state index < -0.39 is 65.6 Å². The highest BCUT2D eigenvalue weighted by Gasteiger charge is 2.52. The number of hydrogen-bond acceptors (Lipinski definition) is 12. The van der Waals surface area contributed by atoms with Crippen molar-refractivity contribution in [3.05, 3.63) is 179 Å². The molecule has 0 spiro atoms. The maximum atomic E-state index is 15.2. The predicted octanol–water partition coefficient (Wildman–Crippen LogP) is 5.55. The number of likely N-dealkylation sites (N-methyl/N-ethyl adjacent to an activating group) is 2. The molecule has 0 unspecified atom stereocenters. The molecule has 0 aliphatic carbocycles. The van der Waals surface area contributed by atoms with E-state index in [-0.39, 0.29) is 105 Å². The number of benzene rings is 5. The molecule has 0 aromatic heterocycles. The molecule has 0 bridgehead atoms. The third-order valence-corrected chi connectivity index (χ3v) is 20.0. The zero-order chi connectivity index (χ0) is 70.8. The molecule has 528 valence electrons. The third-order valence-electron chi connectivity index (χ3n) is 20.0. The van der Waals surface area contributed by atoms with Crippen molar-refractivity contribution < 1.29 is 43.2 Å². The summed E-state index contributed by atoms with van der Waals surface area (Å²) in [4.78, 5) is 132. The smallest absolute Gasteiger partial charge is 0.255 e. The van der Waals surface area contributed by atoms with Crippen LogP contribution < -0.4 is 53.2 Å². The van der Waals surface area contributed by atoms with Crippen LogP contribution in [0.4, 0.5) is 0 Å². The van der Waals surface area contributed by atoms with Gasteiger partial charge in [-0.3, -0.25) is 43.2 Å². The Morgan fingerprint density at radius 2 is 0.950 bits per heavy atom. The summed E-state index contributed by atoms with van der Waals surface area (Å²) in [5.74, 6) is 7.47. The van der Waals surface area contributed by atoms with E-state index in [4.69, 9.17) is 0 Å². The number of carbonyl (C=O) groups excluding carboxylic acids is 9.